The Morgan fingerprint density at radius 1 is 1.45 bits per heavy atom. The molecule has 0 spiro atoms. The van der Waals surface area contributed by atoms with Crippen molar-refractivity contribution in [2.75, 3.05) is 11.9 Å². The molecule has 1 aromatic carbocycles. The maximum Gasteiger partial charge on any atom is 0.161 e. The largest absolute Gasteiger partial charge is 0.389 e. The summed E-state index contributed by atoms with van der Waals surface area (Å²) in [6.45, 7) is 2.04. The molecule has 0 aliphatic heterocycles. The minimum absolute atomic E-state index is 0.0899. The van der Waals surface area contributed by atoms with Crippen molar-refractivity contribution in [2.45, 2.75) is 13.0 Å². The molecule has 1 atom stereocenters. The van der Waals surface area contributed by atoms with E-state index in [1.807, 2.05) is 36.4 Å². The maximum atomic E-state index is 14.5. The number of hydrogen-bond acceptors (Lipinski definition) is 3. The van der Waals surface area contributed by atoms with Crippen LogP contribution in [0, 0.1) is 5.82 Å². The van der Waals surface area contributed by atoms with Crippen LogP contribution < -0.4 is 10.6 Å². The van der Waals surface area contributed by atoms with E-state index in [2.05, 4.69) is 15.9 Å². The van der Waals surface area contributed by atoms with Gasteiger partial charge in [0.2, 0.25) is 0 Å². The topological polar surface area (TPSA) is 29.3 Å². The molecule has 0 aliphatic carbocycles. The van der Waals surface area contributed by atoms with Crippen LogP contribution in [-0.4, -0.2) is 12.0 Å². The third kappa shape index (κ3) is 2.87. The standard InChI is InChI=1S/C14H14BrFN2S2/c1-8(11-4-3-7-20-11)18(2)10-6-5-9(14(17)19)12(15)13(10)16/h3-8H,1-2H3,(H2,17,19). The van der Waals surface area contributed by atoms with Gasteiger partial charge < -0.3 is 10.6 Å². The molecule has 0 amide bonds. The monoisotopic (exact) mass is 372 g/mol. The van der Waals surface area contributed by atoms with Gasteiger partial charge in [-0.15, -0.1) is 11.3 Å². The molecule has 0 saturated carbocycles. The summed E-state index contributed by atoms with van der Waals surface area (Å²) < 4.78 is 14.8. The summed E-state index contributed by atoms with van der Waals surface area (Å²) in [4.78, 5) is 3.26. The SMILES string of the molecule is CC(c1cccs1)N(C)c1ccc(C(N)=S)c(Br)c1F. The third-order valence-corrected chi connectivity index (χ3v) is 5.28. The zero-order chi connectivity index (χ0) is 14.9. The van der Waals surface area contributed by atoms with Gasteiger partial charge >= 0.3 is 0 Å². The van der Waals surface area contributed by atoms with Gasteiger partial charge in [-0.1, -0.05) is 18.3 Å². The van der Waals surface area contributed by atoms with Gasteiger partial charge in [-0.2, -0.15) is 0 Å². The molecule has 0 aliphatic rings. The zero-order valence-corrected chi connectivity index (χ0v) is 14.3. The Balaban J connectivity index is 2.38. The predicted molar refractivity (Wildman–Crippen MR) is 91.1 cm³/mol. The number of nitrogens with zero attached hydrogens (tertiary/aromatic N) is 1. The van der Waals surface area contributed by atoms with E-state index in [4.69, 9.17) is 18.0 Å². The average molecular weight is 373 g/mol. The molecule has 1 aromatic heterocycles. The van der Waals surface area contributed by atoms with Crippen molar-refractivity contribution >= 4 is 50.2 Å². The molecule has 2 N–H and O–H groups in total. The molecule has 0 bridgehead atoms. The van der Waals surface area contributed by atoms with Crippen molar-refractivity contribution in [3.8, 4) is 0 Å². The summed E-state index contributed by atoms with van der Waals surface area (Å²) in [6, 6.07) is 7.57. The van der Waals surface area contributed by atoms with E-state index in [1.54, 1.807) is 23.5 Å². The minimum Gasteiger partial charge on any atom is -0.389 e. The second-order valence-corrected chi connectivity index (χ2v) is 6.64. The average Bonchev–Trinajstić information content (AvgIpc) is 2.93. The van der Waals surface area contributed by atoms with E-state index in [-0.39, 0.29) is 16.8 Å². The second kappa shape index (κ2) is 6.20. The van der Waals surface area contributed by atoms with E-state index in [0.717, 1.165) is 0 Å². The van der Waals surface area contributed by atoms with Gasteiger partial charge in [-0.05, 0) is 46.4 Å². The van der Waals surface area contributed by atoms with Crippen LogP contribution in [0.2, 0.25) is 0 Å². The van der Waals surface area contributed by atoms with Crippen LogP contribution in [0.1, 0.15) is 23.4 Å². The van der Waals surface area contributed by atoms with E-state index in [1.165, 1.54) is 4.88 Å². The third-order valence-electron chi connectivity index (χ3n) is 3.24. The van der Waals surface area contributed by atoms with Gasteiger partial charge in [0.25, 0.3) is 0 Å². The lowest BCUT2D eigenvalue weighted by Crippen LogP contribution is -2.22. The van der Waals surface area contributed by atoms with Gasteiger partial charge in [-0.3, -0.25) is 0 Å². The molecule has 2 aromatic rings. The highest BCUT2D eigenvalue weighted by atomic mass is 79.9. The Labute approximate surface area is 135 Å². The fourth-order valence-corrected chi connectivity index (χ4v) is 3.61. The summed E-state index contributed by atoms with van der Waals surface area (Å²) >= 11 is 9.79. The Morgan fingerprint density at radius 2 is 2.15 bits per heavy atom. The van der Waals surface area contributed by atoms with E-state index >= 15 is 0 Å². The first-order valence-electron chi connectivity index (χ1n) is 5.97. The van der Waals surface area contributed by atoms with Crippen molar-refractivity contribution < 1.29 is 4.39 Å². The van der Waals surface area contributed by atoms with E-state index in [9.17, 15) is 4.39 Å². The van der Waals surface area contributed by atoms with Crippen molar-refractivity contribution in [1.82, 2.24) is 0 Å². The number of hydrogen-bond donors (Lipinski definition) is 1. The first-order chi connectivity index (χ1) is 9.43. The summed E-state index contributed by atoms with van der Waals surface area (Å²) in [5, 5.41) is 2.02. The van der Waals surface area contributed by atoms with Crippen molar-refractivity contribution in [3.05, 3.63) is 50.4 Å². The number of rotatable bonds is 4. The molecule has 0 radical (unpaired) electrons. The Hall–Kier alpha value is -0.980. The number of benzene rings is 1. The lowest BCUT2D eigenvalue weighted by atomic mass is 10.1. The fourth-order valence-electron chi connectivity index (χ4n) is 1.93. The molecule has 2 nitrogen and oxygen atoms in total. The van der Waals surface area contributed by atoms with Crippen molar-refractivity contribution in [1.29, 1.82) is 0 Å². The molecule has 2 rings (SSSR count). The number of nitrogens with two attached hydrogens (primary N) is 1. The maximum absolute atomic E-state index is 14.5. The molecule has 20 heavy (non-hydrogen) atoms. The molecule has 0 saturated heterocycles. The lowest BCUT2D eigenvalue weighted by Gasteiger charge is -2.27. The number of thiocarbonyl (C=S) groups is 1. The Bertz CT molecular complexity index is 628. The molecule has 1 heterocycles. The lowest BCUT2D eigenvalue weighted by molar-refractivity contribution is 0.606. The van der Waals surface area contributed by atoms with Gasteiger partial charge in [0.05, 0.1) is 16.2 Å². The summed E-state index contributed by atoms with van der Waals surface area (Å²) in [5.74, 6) is -0.346. The zero-order valence-electron chi connectivity index (χ0n) is 11.1. The predicted octanol–water partition coefficient (Wildman–Crippen LogP) is 4.48. The normalized spacial score (nSPS) is 12.2. The first kappa shape index (κ1) is 15.4. The van der Waals surface area contributed by atoms with Gasteiger partial charge in [0, 0.05) is 17.5 Å². The van der Waals surface area contributed by atoms with E-state index in [0.29, 0.717) is 15.7 Å². The minimum atomic E-state index is -0.346. The highest BCUT2D eigenvalue weighted by Gasteiger charge is 2.20. The summed E-state index contributed by atoms with van der Waals surface area (Å²) in [6.07, 6.45) is 0. The number of anilines is 1. The number of halogens is 2. The molecule has 106 valence electrons. The highest BCUT2D eigenvalue weighted by Crippen LogP contribution is 2.34. The van der Waals surface area contributed by atoms with Crippen LogP contribution in [0.3, 0.4) is 0 Å². The summed E-state index contributed by atoms with van der Waals surface area (Å²) in [7, 11) is 1.87. The van der Waals surface area contributed by atoms with Crippen LogP contribution in [0.4, 0.5) is 10.1 Å². The first-order valence-corrected chi connectivity index (χ1v) is 8.05. The van der Waals surface area contributed by atoms with Gasteiger partial charge in [-0.25, -0.2) is 4.39 Å². The molecular weight excluding hydrogens is 359 g/mol. The molecule has 6 heteroatoms. The Morgan fingerprint density at radius 3 is 2.70 bits per heavy atom. The van der Waals surface area contributed by atoms with Crippen molar-refractivity contribution in [2.24, 2.45) is 5.73 Å². The smallest absolute Gasteiger partial charge is 0.161 e. The van der Waals surface area contributed by atoms with Crippen molar-refractivity contribution in [3.63, 3.8) is 0 Å². The Kier molecular flexibility index (Phi) is 4.78. The van der Waals surface area contributed by atoms with Crippen LogP contribution in [0.15, 0.2) is 34.1 Å². The van der Waals surface area contributed by atoms with E-state index < -0.39 is 0 Å². The van der Waals surface area contributed by atoms with Crippen LogP contribution in [0.5, 0.6) is 0 Å². The van der Waals surface area contributed by atoms with Gasteiger partial charge in [0.1, 0.15) is 4.99 Å². The molecular formula is C14H14BrFN2S2. The van der Waals surface area contributed by atoms with Crippen LogP contribution in [0.25, 0.3) is 0 Å². The second-order valence-electron chi connectivity index (χ2n) is 4.43. The fraction of sp³-hybridized carbons (Fsp3) is 0.214. The quantitative estimate of drug-likeness (QED) is 0.802. The highest BCUT2D eigenvalue weighted by molar-refractivity contribution is 9.10. The van der Waals surface area contributed by atoms with Gasteiger partial charge in [0.15, 0.2) is 5.82 Å². The van der Waals surface area contributed by atoms with Crippen LogP contribution in [-0.2, 0) is 0 Å². The van der Waals surface area contributed by atoms with Crippen LogP contribution >= 0.6 is 39.5 Å². The number of thiophene rings is 1. The molecule has 0 fully saturated rings. The summed E-state index contributed by atoms with van der Waals surface area (Å²) in [5.41, 5.74) is 6.59. The molecule has 1 unspecified atom stereocenters.